The Hall–Kier alpha value is -2.95. The number of benzene rings is 2. The molecule has 0 spiro atoms. The van der Waals surface area contributed by atoms with Crippen molar-refractivity contribution in [3.05, 3.63) is 77.1 Å². The quantitative estimate of drug-likeness (QED) is 0.504. The van der Waals surface area contributed by atoms with Crippen molar-refractivity contribution in [1.82, 2.24) is 15.0 Å². The Kier molecular flexibility index (Phi) is 7.36. The number of nitrogens with one attached hydrogen (secondary N) is 1. The van der Waals surface area contributed by atoms with Crippen LogP contribution in [0.1, 0.15) is 35.7 Å². The van der Waals surface area contributed by atoms with Gasteiger partial charge in [-0.25, -0.2) is 9.07 Å². The first kappa shape index (κ1) is 19.8. The highest BCUT2D eigenvalue weighted by Gasteiger charge is 2.02. The molecule has 0 unspecified atom stereocenters. The van der Waals surface area contributed by atoms with E-state index in [-0.39, 0.29) is 6.54 Å². The molecule has 0 aliphatic carbocycles. The third kappa shape index (κ3) is 6.05. The predicted octanol–water partition coefficient (Wildman–Crippen LogP) is 5.03. The number of hydrogen-bond acceptors (Lipinski definition) is 3. The Morgan fingerprint density at radius 2 is 1.64 bits per heavy atom. The molecule has 0 aliphatic rings. The van der Waals surface area contributed by atoms with Crippen molar-refractivity contribution in [1.29, 1.82) is 0 Å². The molecule has 0 radical (unpaired) electrons. The lowest BCUT2D eigenvalue weighted by Crippen LogP contribution is -1.99. The van der Waals surface area contributed by atoms with Crippen molar-refractivity contribution < 1.29 is 4.39 Å². The van der Waals surface area contributed by atoms with E-state index in [1.54, 1.807) is 4.68 Å². The molecule has 0 aliphatic heterocycles. The Bertz CT molecular complexity index is 866. The standard InChI is InChI=1S/C23H27FN4/c1-2-16-25-22-12-9-21(10-13-22)8-5-19-3-6-20(7-4-19)11-14-23-18-28(17-15-24)27-26-23/h3-10,12-13,18,25H,2,11,14-17H2,1H3/b8-5+. The summed E-state index contributed by atoms with van der Waals surface area (Å²) in [6, 6.07) is 17.0. The van der Waals surface area contributed by atoms with Crippen LogP contribution in [0.5, 0.6) is 0 Å². The smallest absolute Gasteiger partial charge is 0.109 e. The SMILES string of the molecule is CCCNc1ccc(/C=C/c2ccc(CCc3cn(CCF)nn3)cc2)cc1. The number of halogens is 1. The summed E-state index contributed by atoms with van der Waals surface area (Å²) in [6.45, 7) is 3.01. The molecule has 146 valence electrons. The van der Waals surface area contributed by atoms with Gasteiger partial charge in [0.2, 0.25) is 0 Å². The molecule has 3 rings (SSSR count). The summed E-state index contributed by atoms with van der Waals surface area (Å²) in [5.74, 6) is 0. The van der Waals surface area contributed by atoms with Gasteiger partial charge in [-0.3, -0.25) is 0 Å². The van der Waals surface area contributed by atoms with Crippen molar-refractivity contribution in [2.45, 2.75) is 32.7 Å². The molecule has 1 heterocycles. The number of hydrogen-bond donors (Lipinski definition) is 1. The number of alkyl halides is 1. The summed E-state index contributed by atoms with van der Waals surface area (Å²) in [5.41, 5.74) is 5.67. The number of anilines is 1. The maximum atomic E-state index is 12.3. The highest BCUT2D eigenvalue weighted by molar-refractivity contribution is 5.70. The van der Waals surface area contributed by atoms with Crippen LogP contribution in [0, 0.1) is 0 Å². The summed E-state index contributed by atoms with van der Waals surface area (Å²) >= 11 is 0. The Morgan fingerprint density at radius 3 is 2.29 bits per heavy atom. The van der Waals surface area contributed by atoms with Crippen LogP contribution in [-0.4, -0.2) is 28.2 Å². The molecule has 0 saturated carbocycles. The van der Waals surface area contributed by atoms with E-state index >= 15 is 0 Å². The molecular formula is C23H27FN4. The summed E-state index contributed by atoms with van der Waals surface area (Å²) in [6.07, 6.45) is 8.89. The second kappa shape index (κ2) is 10.4. The van der Waals surface area contributed by atoms with Crippen LogP contribution < -0.4 is 5.32 Å². The molecule has 1 N–H and O–H groups in total. The normalized spacial score (nSPS) is 11.2. The molecule has 0 fully saturated rings. The van der Waals surface area contributed by atoms with Gasteiger partial charge in [0.25, 0.3) is 0 Å². The maximum absolute atomic E-state index is 12.3. The van der Waals surface area contributed by atoms with Crippen LogP contribution in [-0.2, 0) is 19.4 Å². The fourth-order valence-electron chi connectivity index (χ4n) is 2.89. The second-order valence-corrected chi connectivity index (χ2v) is 6.79. The van der Waals surface area contributed by atoms with Gasteiger partial charge in [0.1, 0.15) is 6.67 Å². The van der Waals surface area contributed by atoms with Gasteiger partial charge < -0.3 is 5.32 Å². The van der Waals surface area contributed by atoms with E-state index < -0.39 is 6.67 Å². The molecule has 0 atom stereocenters. The summed E-state index contributed by atoms with van der Waals surface area (Å²) < 4.78 is 13.9. The van der Waals surface area contributed by atoms with Crippen molar-refractivity contribution >= 4 is 17.8 Å². The van der Waals surface area contributed by atoms with Crippen molar-refractivity contribution in [2.24, 2.45) is 0 Å². The fraction of sp³-hybridized carbons (Fsp3) is 0.304. The van der Waals surface area contributed by atoms with Gasteiger partial charge in [-0.2, -0.15) is 0 Å². The van der Waals surface area contributed by atoms with Crippen molar-refractivity contribution in [3.63, 3.8) is 0 Å². The van der Waals surface area contributed by atoms with Gasteiger partial charge in [-0.1, -0.05) is 60.7 Å². The average Bonchev–Trinajstić information content (AvgIpc) is 3.18. The molecule has 28 heavy (non-hydrogen) atoms. The highest BCUT2D eigenvalue weighted by atomic mass is 19.1. The van der Waals surface area contributed by atoms with Crippen molar-refractivity contribution in [2.75, 3.05) is 18.5 Å². The third-order valence-electron chi connectivity index (χ3n) is 4.51. The minimum absolute atomic E-state index is 0.270. The molecule has 2 aromatic carbocycles. The predicted molar refractivity (Wildman–Crippen MR) is 114 cm³/mol. The zero-order chi connectivity index (χ0) is 19.6. The largest absolute Gasteiger partial charge is 0.385 e. The number of aryl methyl sites for hydroxylation is 3. The van der Waals surface area contributed by atoms with E-state index in [0.29, 0.717) is 0 Å². The number of aromatic nitrogens is 3. The van der Waals surface area contributed by atoms with E-state index in [9.17, 15) is 4.39 Å². The zero-order valence-corrected chi connectivity index (χ0v) is 16.3. The first-order valence-electron chi connectivity index (χ1n) is 9.83. The molecule has 3 aromatic rings. The lowest BCUT2D eigenvalue weighted by atomic mass is 10.1. The lowest BCUT2D eigenvalue weighted by molar-refractivity contribution is 0.422. The van der Waals surface area contributed by atoms with E-state index in [1.165, 1.54) is 16.7 Å². The van der Waals surface area contributed by atoms with Crippen LogP contribution in [0.2, 0.25) is 0 Å². The molecule has 0 saturated heterocycles. The van der Waals surface area contributed by atoms with Gasteiger partial charge in [-0.15, -0.1) is 5.10 Å². The average molecular weight is 378 g/mol. The van der Waals surface area contributed by atoms with Gasteiger partial charge >= 0.3 is 0 Å². The molecule has 0 bridgehead atoms. The fourth-order valence-corrected chi connectivity index (χ4v) is 2.89. The van der Waals surface area contributed by atoms with Gasteiger partial charge in [0, 0.05) is 18.4 Å². The molecule has 5 heteroatoms. The topological polar surface area (TPSA) is 42.7 Å². The molecule has 0 amide bonds. The van der Waals surface area contributed by atoms with E-state index in [1.807, 2.05) is 6.20 Å². The maximum Gasteiger partial charge on any atom is 0.109 e. The summed E-state index contributed by atoms with van der Waals surface area (Å²) in [4.78, 5) is 0. The molecule has 4 nitrogen and oxygen atoms in total. The minimum atomic E-state index is -0.419. The lowest BCUT2D eigenvalue weighted by Gasteiger charge is -2.04. The van der Waals surface area contributed by atoms with E-state index in [4.69, 9.17) is 0 Å². The van der Waals surface area contributed by atoms with Gasteiger partial charge in [-0.05, 0) is 48.1 Å². The highest BCUT2D eigenvalue weighted by Crippen LogP contribution is 2.14. The molecular weight excluding hydrogens is 351 g/mol. The molecule has 1 aromatic heterocycles. The summed E-state index contributed by atoms with van der Waals surface area (Å²) in [5, 5.41) is 11.4. The van der Waals surface area contributed by atoms with Gasteiger partial charge in [0.05, 0.1) is 12.2 Å². The number of rotatable bonds is 10. The first-order chi connectivity index (χ1) is 13.8. The Balaban J connectivity index is 1.51. The Labute approximate surface area is 166 Å². The van der Waals surface area contributed by atoms with Crippen LogP contribution in [0.25, 0.3) is 12.2 Å². The Morgan fingerprint density at radius 1 is 0.964 bits per heavy atom. The third-order valence-corrected chi connectivity index (χ3v) is 4.51. The monoisotopic (exact) mass is 378 g/mol. The van der Waals surface area contributed by atoms with Gasteiger partial charge in [0.15, 0.2) is 0 Å². The van der Waals surface area contributed by atoms with Crippen molar-refractivity contribution in [3.8, 4) is 0 Å². The van der Waals surface area contributed by atoms with E-state index in [0.717, 1.165) is 37.2 Å². The first-order valence-corrected chi connectivity index (χ1v) is 9.83. The van der Waals surface area contributed by atoms with E-state index in [2.05, 4.69) is 83.2 Å². The zero-order valence-electron chi connectivity index (χ0n) is 16.3. The van der Waals surface area contributed by atoms with Crippen LogP contribution in [0.3, 0.4) is 0 Å². The second-order valence-electron chi connectivity index (χ2n) is 6.79. The van der Waals surface area contributed by atoms with Crippen LogP contribution in [0.4, 0.5) is 10.1 Å². The number of nitrogens with zero attached hydrogens (tertiary/aromatic N) is 3. The van der Waals surface area contributed by atoms with Crippen LogP contribution in [0.15, 0.2) is 54.7 Å². The summed E-state index contributed by atoms with van der Waals surface area (Å²) in [7, 11) is 0. The minimum Gasteiger partial charge on any atom is -0.385 e. The van der Waals surface area contributed by atoms with Crippen LogP contribution >= 0.6 is 0 Å².